The van der Waals surface area contributed by atoms with Gasteiger partial charge >= 0.3 is 0 Å². The van der Waals surface area contributed by atoms with Crippen LogP contribution in [0.2, 0.25) is 0 Å². The lowest BCUT2D eigenvalue weighted by Crippen LogP contribution is -2.32. The molecule has 0 bridgehead atoms. The van der Waals surface area contributed by atoms with Crippen LogP contribution in [-0.2, 0) is 15.8 Å². The predicted molar refractivity (Wildman–Crippen MR) is 81.7 cm³/mol. The van der Waals surface area contributed by atoms with Crippen molar-refractivity contribution >= 4 is 10.0 Å². The van der Waals surface area contributed by atoms with Gasteiger partial charge in [0.15, 0.2) is 0 Å². The summed E-state index contributed by atoms with van der Waals surface area (Å²) in [7, 11) is -3.50. The second kappa shape index (κ2) is 6.59. The SMILES string of the molecule is O=S(=O)(Cc1cccc(F)c1)N1CC[C@@H](Oc2cccnn2)C1. The van der Waals surface area contributed by atoms with E-state index in [1.165, 1.54) is 28.7 Å². The quantitative estimate of drug-likeness (QED) is 0.829. The Morgan fingerprint density at radius 2 is 2.17 bits per heavy atom. The number of nitrogens with zero attached hydrogens (tertiary/aromatic N) is 3. The van der Waals surface area contributed by atoms with E-state index < -0.39 is 15.8 Å². The topological polar surface area (TPSA) is 72.4 Å². The lowest BCUT2D eigenvalue weighted by molar-refractivity contribution is 0.204. The molecule has 2 heterocycles. The van der Waals surface area contributed by atoms with E-state index in [4.69, 9.17) is 4.74 Å². The van der Waals surface area contributed by atoms with Crippen molar-refractivity contribution in [3.05, 3.63) is 54.0 Å². The summed E-state index contributed by atoms with van der Waals surface area (Å²) in [4.78, 5) is 0. The zero-order valence-corrected chi connectivity index (χ0v) is 13.1. The molecule has 0 saturated carbocycles. The van der Waals surface area contributed by atoms with Crippen LogP contribution in [0.5, 0.6) is 5.88 Å². The molecule has 6 nitrogen and oxygen atoms in total. The van der Waals surface area contributed by atoms with Crippen molar-refractivity contribution < 1.29 is 17.5 Å². The molecule has 0 unspecified atom stereocenters. The van der Waals surface area contributed by atoms with Crippen molar-refractivity contribution in [1.29, 1.82) is 0 Å². The number of sulfonamides is 1. The van der Waals surface area contributed by atoms with E-state index in [2.05, 4.69) is 10.2 Å². The number of halogens is 1. The van der Waals surface area contributed by atoms with Crippen molar-refractivity contribution in [2.75, 3.05) is 13.1 Å². The summed E-state index contributed by atoms with van der Waals surface area (Å²) in [5.74, 6) is -0.285. The van der Waals surface area contributed by atoms with Gasteiger partial charge in [0.1, 0.15) is 11.9 Å². The molecule has 0 radical (unpaired) electrons. The van der Waals surface area contributed by atoms with Crippen LogP contribution < -0.4 is 4.74 Å². The van der Waals surface area contributed by atoms with E-state index >= 15 is 0 Å². The average molecular weight is 337 g/mol. The second-order valence-corrected chi connectivity index (χ2v) is 7.30. The van der Waals surface area contributed by atoms with Crippen LogP contribution in [0.1, 0.15) is 12.0 Å². The van der Waals surface area contributed by atoms with Crippen LogP contribution in [0.25, 0.3) is 0 Å². The Morgan fingerprint density at radius 3 is 2.91 bits per heavy atom. The van der Waals surface area contributed by atoms with Gasteiger partial charge in [-0.15, -0.1) is 5.10 Å². The van der Waals surface area contributed by atoms with Gasteiger partial charge in [-0.2, -0.15) is 9.40 Å². The Hall–Kier alpha value is -2.06. The average Bonchev–Trinajstić information content (AvgIpc) is 2.97. The molecular weight excluding hydrogens is 321 g/mol. The minimum absolute atomic E-state index is 0.220. The van der Waals surface area contributed by atoms with E-state index in [0.717, 1.165) is 0 Å². The maximum atomic E-state index is 13.2. The minimum atomic E-state index is -3.50. The van der Waals surface area contributed by atoms with Crippen LogP contribution in [0.15, 0.2) is 42.6 Å². The number of hydrogen-bond acceptors (Lipinski definition) is 5. The van der Waals surface area contributed by atoms with Gasteiger partial charge in [-0.05, 0) is 30.2 Å². The molecule has 1 fully saturated rings. The smallest absolute Gasteiger partial charge is 0.233 e. The van der Waals surface area contributed by atoms with Crippen molar-refractivity contribution in [3.8, 4) is 5.88 Å². The van der Waals surface area contributed by atoms with Crippen LogP contribution in [0, 0.1) is 5.82 Å². The normalized spacial score (nSPS) is 18.9. The van der Waals surface area contributed by atoms with Gasteiger partial charge in [0.25, 0.3) is 0 Å². The molecule has 1 atom stereocenters. The molecule has 1 aliphatic rings. The number of aromatic nitrogens is 2. The molecule has 1 aromatic carbocycles. The molecule has 3 rings (SSSR count). The van der Waals surface area contributed by atoms with Crippen molar-refractivity contribution in [2.24, 2.45) is 0 Å². The second-order valence-electron chi connectivity index (χ2n) is 5.33. The maximum absolute atomic E-state index is 13.2. The molecule has 122 valence electrons. The van der Waals surface area contributed by atoms with Gasteiger partial charge in [-0.3, -0.25) is 0 Å². The lowest BCUT2D eigenvalue weighted by atomic mass is 10.2. The first kappa shape index (κ1) is 15.8. The third kappa shape index (κ3) is 4.02. The highest BCUT2D eigenvalue weighted by Gasteiger charge is 2.32. The Kier molecular flexibility index (Phi) is 4.53. The Morgan fingerprint density at radius 1 is 1.30 bits per heavy atom. The van der Waals surface area contributed by atoms with Crippen molar-refractivity contribution in [2.45, 2.75) is 18.3 Å². The molecule has 1 aliphatic heterocycles. The molecule has 0 aliphatic carbocycles. The summed E-state index contributed by atoms with van der Waals surface area (Å²) in [6, 6.07) is 9.01. The molecule has 1 saturated heterocycles. The summed E-state index contributed by atoms with van der Waals surface area (Å²) in [6.45, 7) is 0.636. The zero-order valence-electron chi connectivity index (χ0n) is 12.3. The van der Waals surface area contributed by atoms with Crippen LogP contribution in [0.3, 0.4) is 0 Å². The van der Waals surface area contributed by atoms with E-state index in [-0.39, 0.29) is 18.4 Å². The summed E-state index contributed by atoms with van der Waals surface area (Å²) < 4.78 is 45.0. The van der Waals surface area contributed by atoms with E-state index in [9.17, 15) is 12.8 Å². The van der Waals surface area contributed by atoms with Crippen molar-refractivity contribution in [1.82, 2.24) is 14.5 Å². The van der Waals surface area contributed by atoms with Gasteiger partial charge in [0, 0.05) is 18.8 Å². The van der Waals surface area contributed by atoms with Crippen LogP contribution >= 0.6 is 0 Å². The fourth-order valence-corrected chi connectivity index (χ4v) is 4.06. The Balaban J connectivity index is 1.63. The standard InChI is InChI=1S/C15H16FN3O3S/c16-13-4-1-3-12(9-13)11-23(20,21)19-8-6-14(10-19)22-15-5-2-7-17-18-15/h1-5,7,9,14H,6,8,10-11H2/t14-/m1/s1. The number of benzene rings is 1. The minimum Gasteiger partial charge on any atom is -0.472 e. The first-order valence-electron chi connectivity index (χ1n) is 7.19. The molecule has 23 heavy (non-hydrogen) atoms. The molecule has 2 aromatic rings. The third-order valence-electron chi connectivity index (χ3n) is 3.57. The molecule has 8 heteroatoms. The van der Waals surface area contributed by atoms with Gasteiger partial charge in [0.2, 0.25) is 15.9 Å². The molecule has 0 spiro atoms. The fraction of sp³-hybridized carbons (Fsp3) is 0.333. The maximum Gasteiger partial charge on any atom is 0.233 e. The fourth-order valence-electron chi connectivity index (χ4n) is 2.50. The van der Waals surface area contributed by atoms with Gasteiger partial charge in [-0.25, -0.2) is 12.8 Å². The summed E-state index contributed by atoms with van der Waals surface area (Å²) in [6.07, 6.45) is 1.87. The van der Waals surface area contributed by atoms with Crippen molar-refractivity contribution in [3.63, 3.8) is 0 Å². The highest BCUT2D eigenvalue weighted by atomic mass is 32.2. The third-order valence-corrected chi connectivity index (χ3v) is 5.39. The zero-order chi connectivity index (χ0) is 16.3. The number of ether oxygens (including phenoxy) is 1. The lowest BCUT2D eigenvalue weighted by Gasteiger charge is -2.17. The van der Waals surface area contributed by atoms with Crippen LogP contribution in [-0.4, -0.2) is 42.1 Å². The van der Waals surface area contributed by atoms with Gasteiger partial charge < -0.3 is 4.74 Å². The largest absolute Gasteiger partial charge is 0.472 e. The highest BCUT2D eigenvalue weighted by molar-refractivity contribution is 7.88. The van der Waals surface area contributed by atoms with E-state index in [0.29, 0.717) is 24.4 Å². The van der Waals surface area contributed by atoms with Crippen LogP contribution in [0.4, 0.5) is 4.39 Å². The Bertz CT molecular complexity index is 771. The predicted octanol–water partition coefficient (Wildman–Crippen LogP) is 1.60. The summed E-state index contributed by atoms with van der Waals surface area (Å²) in [5.41, 5.74) is 0.434. The monoisotopic (exact) mass is 337 g/mol. The molecule has 0 N–H and O–H groups in total. The highest BCUT2D eigenvalue weighted by Crippen LogP contribution is 2.21. The van der Waals surface area contributed by atoms with Gasteiger partial charge in [0.05, 0.1) is 12.3 Å². The Labute approximate surface area is 134 Å². The van der Waals surface area contributed by atoms with E-state index in [1.807, 2.05) is 0 Å². The molecule has 1 aromatic heterocycles. The first-order valence-corrected chi connectivity index (χ1v) is 8.80. The number of rotatable bonds is 5. The molecule has 0 amide bonds. The summed E-state index contributed by atoms with van der Waals surface area (Å²) in [5, 5.41) is 7.54. The number of hydrogen-bond donors (Lipinski definition) is 0. The molecular formula is C15H16FN3O3S. The van der Waals surface area contributed by atoms with Gasteiger partial charge in [-0.1, -0.05) is 12.1 Å². The van der Waals surface area contributed by atoms with E-state index in [1.54, 1.807) is 18.2 Å². The first-order chi connectivity index (χ1) is 11.0. The summed E-state index contributed by atoms with van der Waals surface area (Å²) >= 11 is 0.